The molecule has 0 radical (unpaired) electrons. The SMILES string of the molecule is CC[C@@H](C)NC(=O)[C@H](CC)N(Cc1c(Cl)cccc1Cl)C(=O)CCCN(c1ccc2c(c1)OCCO2)S(C)(=O)=O. The molecule has 2 amide bonds. The van der Waals surface area contributed by atoms with Gasteiger partial charge in [-0.25, -0.2) is 8.42 Å². The Morgan fingerprint density at radius 3 is 2.27 bits per heavy atom. The van der Waals surface area contributed by atoms with Crippen molar-refractivity contribution in [3.63, 3.8) is 0 Å². The number of carbonyl (C=O) groups excluding carboxylic acids is 2. The van der Waals surface area contributed by atoms with Gasteiger partial charge in [0.25, 0.3) is 0 Å². The highest BCUT2D eigenvalue weighted by Crippen LogP contribution is 2.35. The number of carbonyl (C=O) groups is 2. The van der Waals surface area contributed by atoms with Gasteiger partial charge < -0.3 is 19.7 Å². The van der Waals surface area contributed by atoms with E-state index in [1.807, 2.05) is 20.8 Å². The molecule has 1 heterocycles. The van der Waals surface area contributed by atoms with Gasteiger partial charge in [-0.15, -0.1) is 0 Å². The number of sulfonamides is 1. The molecule has 0 unspecified atom stereocenters. The summed E-state index contributed by atoms with van der Waals surface area (Å²) in [5, 5.41) is 3.75. The van der Waals surface area contributed by atoms with Crippen molar-refractivity contribution in [2.75, 3.05) is 30.3 Å². The lowest BCUT2D eigenvalue weighted by molar-refractivity contribution is -0.141. The van der Waals surface area contributed by atoms with E-state index in [0.29, 0.717) is 52.4 Å². The highest BCUT2D eigenvalue weighted by Gasteiger charge is 2.30. The number of nitrogens with zero attached hydrogens (tertiary/aromatic N) is 2. The minimum atomic E-state index is -3.66. The van der Waals surface area contributed by atoms with Crippen LogP contribution in [0.15, 0.2) is 36.4 Å². The van der Waals surface area contributed by atoms with E-state index < -0.39 is 16.1 Å². The smallest absolute Gasteiger partial charge is 0.243 e. The average molecular weight is 615 g/mol. The summed E-state index contributed by atoms with van der Waals surface area (Å²) in [4.78, 5) is 28.3. The predicted octanol–water partition coefficient (Wildman–Crippen LogP) is 5.03. The zero-order valence-electron chi connectivity index (χ0n) is 23.3. The summed E-state index contributed by atoms with van der Waals surface area (Å²) in [5.74, 6) is 0.448. The summed E-state index contributed by atoms with van der Waals surface area (Å²) in [5.41, 5.74) is 0.960. The Morgan fingerprint density at radius 1 is 1.02 bits per heavy atom. The van der Waals surface area contributed by atoms with Crippen molar-refractivity contribution in [1.82, 2.24) is 10.2 Å². The second kappa shape index (κ2) is 14.3. The van der Waals surface area contributed by atoms with Crippen LogP contribution in [-0.2, 0) is 26.2 Å². The molecule has 0 fully saturated rings. The van der Waals surface area contributed by atoms with Gasteiger partial charge in [-0.1, -0.05) is 43.1 Å². The molecular formula is C28H37Cl2N3O6S. The van der Waals surface area contributed by atoms with Crippen molar-refractivity contribution in [3.8, 4) is 11.5 Å². The van der Waals surface area contributed by atoms with Crippen LogP contribution in [-0.4, -0.2) is 63.2 Å². The largest absolute Gasteiger partial charge is 0.486 e. The van der Waals surface area contributed by atoms with E-state index in [-0.39, 0.29) is 43.8 Å². The van der Waals surface area contributed by atoms with Gasteiger partial charge in [0.2, 0.25) is 21.8 Å². The molecule has 0 saturated heterocycles. The summed E-state index contributed by atoms with van der Waals surface area (Å²) in [6.45, 7) is 6.60. The number of nitrogens with one attached hydrogen (secondary N) is 1. The summed E-state index contributed by atoms with van der Waals surface area (Å²) in [6.07, 6.45) is 2.46. The fraction of sp³-hybridized carbons (Fsp3) is 0.500. The molecule has 0 aromatic heterocycles. The topological polar surface area (TPSA) is 105 Å². The Kier molecular flexibility index (Phi) is 11.4. The first-order valence-corrected chi connectivity index (χ1v) is 16.0. The maximum absolute atomic E-state index is 13.6. The number of halogens is 2. The fourth-order valence-corrected chi connectivity index (χ4v) is 5.88. The van der Waals surface area contributed by atoms with E-state index in [9.17, 15) is 18.0 Å². The summed E-state index contributed by atoms with van der Waals surface area (Å²) >= 11 is 12.8. The number of rotatable bonds is 13. The zero-order valence-corrected chi connectivity index (χ0v) is 25.6. The molecule has 0 saturated carbocycles. The van der Waals surface area contributed by atoms with E-state index in [1.54, 1.807) is 36.4 Å². The summed E-state index contributed by atoms with van der Waals surface area (Å²) in [6, 6.07) is 9.21. The Bertz CT molecular complexity index is 1290. The van der Waals surface area contributed by atoms with Gasteiger partial charge in [0, 0.05) is 47.2 Å². The molecule has 3 rings (SSSR count). The van der Waals surface area contributed by atoms with Gasteiger partial charge >= 0.3 is 0 Å². The number of anilines is 1. The van der Waals surface area contributed by atoms with Crippen molar-refractivity contribution >= 4 is 50.7 Å². The van der Waals surface area contributed by atoms with Crippen LogP contribution in [0.25, 0.3) is 0 Å². The number of benzene rings is 2. The van der Waals surface area contributed by atoms with Gasteiger partial charge in [0.05, 0.1) is 11.9 Å². The van der Waals surface area contributed by atoms with Crippen molar-refractivity contribution in [1.29, 1.82) is 0 Å². The standard InChI is InChI=1S/C28H37Cl2N3O6S/c1-5-19(3)31-28(35)24(6-2)32(18-21-22(29)9-7-10-23(21)30)27(34)11-8-14-33(40(4,36)37)20-12-13-25-26(17-20)39-16-15-38-25/h7,9-10,12-13,17,19,24H,5-6,8,11,14-16,18H2,1-4H3,(H,31,35)/t19-,24+/m1/s1. The van der Waals surface area contributed by atoms with Crippen molar-refractivity contribution in [3.05, 3.63) is 52.0 Å². The Labute approximate surface area is 246 Å². The van der Waals surface area contributed by atoms with Crippen molar-refractivity contribution in [2.24, 2.45) is 0 Å². The van der Waals surface area contributed by atoms with Crippen LogP contribution in [0.1, 0.15) is 52.0 Å². The molecule has 220 valence electrons. The normalized spacial score (nSPS) is 14.2. The third kappa shape index (κ3) is 8.17. The molecular weight excluding hydrogens is 577 g/mol. The number of ether oxygens (including phenoxy) is 2. The van der Waals surface area contributed by atoms with Gasteiger partial charge in [-0.2, -0.15) is 0 Å². The Morgan fingerprint density at radius 2 is 1.68 bits per heavy atom. The Balaban J connectivity index is 1.81. The van der Waals surface area contributed by atoms with Crippen LogP contribution in [0.5, 0.6) is 11.5 Å². The van der Waals surface area contributed by atoms with Gasteiger partial charge in [0.1, 0.15) is 19.3 Å². The molecule has 0 bridgehead atoms. The molecule has 40 heavy (non-hydrogen) atoms. The van der Waals surface area contributed by atoms with Crippen LogP contribution in [0.2, 0.25) is 10.0 Å². The zero-order chi connectivity index (χ0) is 29.4. The highest BCUT2D eigenvalue weighted by molar-refractivity contribution is 7.92. The van der Waals surface area contributed by atoms with Gasteiger partial charge in [-0.3, -0.25) is 13.9 Å². The van der Waals surface area contributed by atoms with E-state index in [0.717, 1.165) is 12.7 Å². The van der Waals surface area contributed by atoms with Gasteiger partial charge in [-0.05, 0) is 50.5 Å². The van der Waals surface area contributed by atoms with Crippen LogP contribution < -0.4 is 19.1 Å². The molecule has 1 aliphatic rings. The highest BCUT2D eigenvalue weighted by atomic mass is 35.5. The fourth-order valence-electron chi connectivity index (χ4n) is 4.41. The first-order chi connectivity index (χ1) is 19.0. The second-order valence-electron chi connectivity index (χ2n) is 9.73. The molecule has 0 aliphatic carbocycles. The molecule has 2 atom stereocenters. The first kappa shape index (κ1) is 31.8. The van der Waals surface area contributed by atoms with Crippen LogP contribution in [0.4, 0.5) is 5.69 Å². The predicted molar refractivity (Wildman–Crippen MR) is 158 cm³/mol. The molecule has 2 aromatic carbocycles. The summed E-state index contributed by atoms with van der Waals surface area (Å²) < 4.78 is 37.7. The lowest BCUT2D eigenvalue weighted by Crippen LogP contribution is -2.50. The monoisotopic (exact) mass is 613 g/mol. The number of fused-ring (bicyclic) bond motifs is 1. The summed E-state index contributed by atoms with van der Waals surface area (Å²) in [7, 11) is -3.66. The number of amides is 2. The third-order valence-corrected chi connectivity index (χ3v) is 8.65. The quantitative estimate of drug-likeness (QED) is 0.339. The van der Waals surface area contributed by atoms with Crippen molar-refractivity contribution < 1.29 is 27.5 Å². The van der Waals surface area contributed by atoms with Crippen LogP contribution >= 0.6 is 23.2 Å². The molecule has 1 N–H and O–H groups in total. The molecule has 2 aromatic rings. The molecule has 0 spiro atoms. The van der Waals surface area contributed by atoms with E-state index >= 15 is 0 Å². The first-order valence-electron chi connectivity index (χ1n) is 13.4. The maximum Gasteiger partial charge on any atom is 0.243 e. The van der Waals surface area contributed by atoms with Gasteiger partial charge in [0.15, 0.2) is 11.5 Å². The minimum Gasteiger partial charge on any atom is -0.486 e. The van der Waals surface area contributed by atoms with E-state index in [2.05, 4.69) is 5.32 Å². The minimum absolute atomic E-state index is 0.00571. The lowest BCUT2D eigenvalue weighted by atomic mass is 10.1. The Hall–Kier alpha value is -2.69. The molecule has 12 heteroatoms. The average Bonchev–Trinajstić information content (AvgIpc) is 2.91. The molecule has 1 aliphatic heterocycles. The number of hydrogen-bond donors (Lipinski definition) is 1. The maximum atomic E-state index is 13.6. The van der Waals surface area contributed by atoms with E-state index in [1.165, 1.54) is 9.21 Å². The lowest BCUT2D eigenvalue weighted by Gasteiger charge is -2.32. The third-order valence-electron chi connectivity index (χ3n) is 6.74. The second-order valence-corrected chi connectivity index (χ2v) is 12.5. The van der Waals surface area contributed by atoms with E-state index in [4.69, 9.17) is 32.7 Å². The number of hydrogen-bond acceptors (Lipinski definition) is 6. The van der Waals surface area contributed by atoms with Crippen molar-refractivity contribution in [2.45, 2.75) is 65.1 Å². The molecule has 9 nitrogen and oxygen atoms in total. The van der Waals surface area contributed by atoms with Crippen LogP contribution in [0.3, 0.4) is 0 Å². The van der Waals surface area contributed by atoms with Crippen LogP contribution in [0, 0.1) is 0 Å².